The van der Waals surface area contributed by atoms with E-state index in [1.54, 1.807) is 0 Å². The molecule has 4 rings (SSSR count). The van der Waals surface area contributed by atoms with Gasteiger partial charge in [0.2, 0.25) is 0 Å². The minimum atomic E-state index is 0.655. The van der Waals surface area contributed by atoms with E-state index < -0.39 is 0 Å². The van der Waals surface area contributed by atoms with Crippen molar-refractivity contribution in [3.8, 4) is 0 Å². The third kappa shape index (κ3) is 1.70. The molecule has 1 aliphatic carbocycles. The van der Waals surface area contributed by atoms with E-state index >= 15 is 0 Å². The number of halogens is 1. The predicted molar refractivity (Wildman–Crippen MR) is 73.9 cm³/mol. The molecule has 3 aliphatic rings. The minimum absolute atomic E-state index is 0.655. The molecule has 0 aromatic heterocycles. The highest BCUT2D eigenvalue weighted by Gasteiger charge is 2.40. The molecule has 1 unspecified atom stereocenters. The summed E-state index contributed by atoms with van der Waals surface area (Å²) in [5.74, 6) is 1.78. The van der Waals surface area contributed by atoms with Gasteiger partial charge in [0, 0.05) is 24.2 Å². The molecule has 2 aliphatic heterocycles. The molecule has 1 aromatic rings. The molecule has 18 heavy (non-hydrogen) atoms. The third-order valence-corrected chi connectivity index (χ3v) is 5.24. The number of aryl methyl sites for hydroxylation is 1. The van der Waals surface area contributed by atoms with Crippen LogP contribution in [0.1, 0.15) is 23.6 Å². The highest BCUT2D eigenvalue weighted by Crippen LogP contribution is 2.41. The number of benzene rings is 1. The Hall–Kier alpha value is -0.570. The molecular formula is C15H19ClN2. The summed E-state index contributed by atoms with van der Waals surface area (Å²) in [6.45, 7) is 5.01. The lowest BCUT2D eigenvalue weighted by molar-refractivity contribution is 0.228. The zero-order valence-electron chi connectivity index (χ0n) is 10.5. The Morgan fingerprint density at radius 2 is 1.94 bits per heavy atom. The molecule has 96 valence electrons. The fourth-order valence-electron chi connectivity index (χ4n) is 4.09. The summed E-state index contributed by atoms with van der Waals surface area (Å²) in [5.41, 5.74) is 3.01. The Morgan fingerprint density at radius 1 is 1.17 bits per heavy atom. The van der Waals surface area contributed by atoms with Crippen LogP contribution in [0.2, 0.25) is 5.02 Å². The van der Waals surface area contributed by atoms with E-state index in [9.17, 15) is 0 Å². The lowest BCUT2D eigenvalue weighted by atomic mass is 10.0. The molecule has 3 atom stereocenters. The van der Waals surface area contributed by atoms with Crippen LogP contribution in [0.4, 0.5) is 0 Å². The van der Waals surface area contributed by atoms with Crippen molar-refractivity contribution >= 4 is 11.6 Å². The van der Waals surface area contributed by atoms with Gasteiger partial charge >= 0.3 is 0 Å². The van der Waals surface area contributed by atoms with Gasteiger partial charge in [-0.3, -0.25) is 4.90 Å². The number of hydrogen-bond donors (Lipinski definition) is 1. The maximum Gasteiger partial charge on any atom is 0.0408 e. The average molecular weight is 263 g/mol. The maximum absolute atomic E-state index is 6.09. The highest BCUT2D eigenvalue weighted by atomic mass is 35.5. The predicted octanol–water partition coefficient (Wildman–Crippen LogP) is 2.48. The molecule has 0 saturated carbocycles. The van der Waals surface area contributed by atoms with Gasteiger partial charge < -0.3 is 5.32 Å². The molecule has 0 amide bonds. The molecule has 2 nitrogen and oxygen atoms in total. The Labute approximate surface area is 113 Å². The van der Waals surface area contributed by atoms with Crippen molar-refractivity contribution in [3.05, 3.63) is 34.3 Å². The minimum Gasteiger partial charge on any atom is -0.316 e. The van der Waals surface area contributed by atoms with Crippen LogP contribution < -0.4 is 5.32 Å². The SMILES string of the molecule is Clc1ccc2c(c1)CCC2N1C[C@H]2CNC[C@H]2C1. The normalized spacial score (nSPS) is 34.8. The molecule has 0 bridgehead atoms. The number of nitrogens with zero attached hydrogens (tertiary/aromatic N) is 1. The Bertz CT molecular complexity index is 462. The first-order valence-electron chi connectivity index (χ1n) is 7.04. The highest BCUT2D eigenvalue weighted by molar-refractivity contribution is 6.30. The second-order valence-corrected chi connectivity index (χ2v) is 6.47. The van der Waals surface area contributed by atoms with Crippen molar-refractivity contribution in [3.63, 3.8) is 0 Å². The zero-order chi connectivity index (χ0) is 12.1. The lowest BCUT2D eigenvalue weighted by Crippen LogP contribution is -2.28. The summed E-state index contributed by atoms with van der Waals surface area (Å²) in [6, 6.07) is 7.12. The first-order valence-corrected chi connectivity index (χ1v) is 7.42. The fourth-order valence-corrected chi connectivity index (χ4v) is 4.28. The van der Waals surface area contributed by atoms with Crippen LogP contribution in [-0.2, 0) is 6.42 Å². The van der Waals surface area contributed by atoms with E-state index in [1.165, 1.54) is 50.1 Å². The smallest absolute Gasteiger partial charge is 0.0408 e. The summed E-state index contributed by atoms with van der Waals surface area (Å²) in [7, 11) is 0. The summed E-state index contributed by atoms with van der Waals surface area (Å²) in [5, 5.41) is 4.40. The zero-order valence-corrected chi connectivity index (χ0v) is 11.3. The first-order chi connectivity index (χ1) is 8.81. The number of hydrogen-bond acceptors (Lipinski definition) is 2. The largest absolute Gasteiger partial charge is 0.316 e. The van der Waals surface area contributed by atoms with Gasteiger partial charge in [-0.1, -0.05) is 17.7 Å². The summed E-state index contributed by atoms with van der Waals surface area (Å²) < 4.78 is 0. The summed E-state index contributed by atoms with van der Waals surface area (Å²) >= 11 is 6.09. The van der Waals surface area contributed by atoms with Crippen molar-refractivity contribution < 1.29 is 0 Å². The van der Waals surface area contributed by atoms with Gasteiger partial charge in [-0.25, -0.2) is 0 Å². The van der Waals surface area contributed by atoms with Crippen LogP contribution in [0.15, 0.2) is 18.2 Å². The van der Waals surface area contributed by atoms with E-state index in [0.29, 0.717) is 6.04 Å². The molecule has 1 aromatic carbocycles. The van der Waals surface area contributed by atoms with Gasteiger partial charge in [0.05, 0.1) is 0 Å². The fraction of sp³-hybridized carbons (Fsp3) is 0.600. The van der Waals surface area contributed by atoms with Gasteiger partial charge in [-0.2, -0.15) is 0 Å². The van der Waals surface area contributed by atoms with Crippen molar-refractivity contribution in [2.45, 2.75) is 18.9 Å². The second kappa shape index (κ2) is 4.22. The van der Waals surface area contributed by atoms with E-state index in [2.05, 4.69) is 28.4 Å². The molecule has 1 N–H and O–H groups in total. The first kappa shape index (κ1) is 11.3. The van der Waals surface area contributed by atoms with Gasteiger partial charge in [-0.05, 0) is 61.0 Å². The Morgan fingerprint density at radius 3 is 2.72 bits per heavy atom. The van der Waals surface area contributed by atoms with Crippen molar-refractivity contribution in [2.24, 2.45) is 11.8 Å². The van der Waals surface area contributed by atoms with Crippen molar-refractivity contribution in [1.29, 1.82) is 0 Å². The lowest BCUT2D eigenvalue weighted by Gasteiger charge is -2.25. The monoisotopic (exact) mass is 262 g/mol. The molecular weight excluding hydrogens is 244 g/mol. The van der Waals surface area contributed by atoms with Crippen molar-refractivity contribution in [2.75, 3.05) is 26.2 Å². The number of fused-ring (bicyclic) bond motifs is 2. The summed E-state index contributed by atoms with van der Waals surface area (Å²) in [6.07, 6.45) is 2.48. The van der Waals surface area contributed by atoms with E-state index in [1.807, 2.05) is 0 Å². The standard InChI is InChI=1S/C15H19ClN2/c16-13-2-3-14-10(5-13)1-4-15(14)18-8-11-6-17-7-12(11)9-18/h2-3,5,11-12,15,17H,1,4,6-9H2/t11-,12+,15?. The van der Waals surface area contributed by atoms with Crippen LogP contribution in [0.5, 0.6) is 0 Å². The maximum atomic E-state index is 6.09. The Kier molecular flexibility index (Phi) is 2.65. The van der Waals surface area contributed by atoms with Gasteiger partial charge in [-0.15, -0.1) is 0 Å². The Balaban J connectivity index is 1.58. The van der Waals surface area contributed by atoms with Crippen LogP contribution >= 0.6 is 11.6 Å². The van der Waals surface area contributed by atoms with Gasteiger partial charge in [0.1, 0.15) is 0 Å². The van der Waals surface area contributed by atoms with Crippen molar-refractivity contribution in [1.82, 2.24) is 10.2 Å². The third-order valence-electron chi connectivity index (χ3n) is 5.01. The second-order valence-electron chi connectivity index (χ2n) is 6.03. The number of likely N-dealkylation sites (tertiary alicyclic amines) is 1. The van der Waals surface area contributed by atoms with Gasteiger partial charge in [0.15, 0.2) is 0 Å². The van der Waals surface area contributed by atoms with Crippen LogP contribution in [0.3, 0.4) is 0 Å². The topological polar surface area (TPSA) is 15.3 Å². The van der Waals surface area contributed by atoms with Crippen LogP contribution in [0, 0.1) is 11.8 Å². The van der Waals surface area contributed by atoms with E-state index in [-0.39, 0.29) is 0 Å². The van der Waals surface area contributed by atoms with Crippen LogP contribution in [0.25, 0.3) is 0 Å². The van der Waals surface area contributed by atoms with E-state index in [4.69, 9.17) is 11.6 Å². The molecule has 0 radical (unpaired) electrons. The van der Waals surface area contributed by atoms with Crippen LogP contribution in [-0.4, -0.2) is 31.1 Å². The average Bonchev–Trinajstić information content (AvgIpc) is 2.98. The number of rotatable bonds is 1. The number of nitrogens with one attached hydrogen (secondary N) is 1. The molecule has 2 saturated heterocycles. The molecule has 3 heteroatoms. The molecule has 0 spiro atoms. The molecule has 2 fully saturated rings. The van der Waals surface area contributed by atoms with Gasteiger partial charge in [0.25, 0.3) is 0 Å². The summed E-state index contributed by atoms with van der Waals surface area (Å²) in [4.78, 5) is 2.72. The quantitative estimate of drug-likeness (QED) is 0.837. The van der Waals surface area contributed by atoms with E-state index in [0.717, 1.165) is 16.9 Å². The molecule has 2 heterocycles.